The number of hydrogen-bond donors (Lipinski definition) is 11. The summed E-state index contributed by atoms with van der Waals surface area (Å²) in [4.78, 5) is 0. The smallest absolute Gasteiger partial charge is 0.176 e. The quantitative estimate of drug-likeness (QED) is 0.110. The fraction of sp³-hybridized carbons (Fsp3) is 1.00. The molecule has 0 amide bonds. The molecule has 230 valence electrons. The molecule has 2 unspecified atom stereocenters. The Morgan fingerprint density at radius 2 is 1.18 bits per heavy atom. The predicted molar refractivity (Wildman–Crippen MR) is 130 cm³/mol. The summed E-state index contributed by atoms with van der Waals surface area (Å²) in [5.74, 6) is 0. The highest BCUT2D eigenvalue weighted by atomic mass is 16.7. The van der Waals surface area contributed by atoms with E-state index in [2.05, 4.69) is 5.32 Å². The third-order valence-electron chi connectivity index (χ3n) is 7.70. The minimum atomic E-state index is -1.55. The summed E-state index contributed by atoms with van der Waals surface area (Å²) in [6.07, 6.45) is -15.0. The molecule has 3 rings (SSSR count). The molecule has 0 aliphatic carbocycles. The first-order valence-corrected chi connectivity index (χ1v) is 13.3. The van der Waals surface area contributed by atoms with Crippen LogP contribution in [0.4, 0.5) is 0 Å². The fourth-order valence-corrected chi connectivity index (χ4v) is 5.13. The van der Waals surface area contributed by atoms with Crippen LogP contribution in [0.5, 0.6) is 0 Å². The lowest BCUT2D eigenvalue weighted by molar-refractivity contribution is -0.351. The minimum absolute atomic E-state index is 0.125. The molecule has 3 aliphatic heterocycles. The van der Waals surface area contributed by atoms with E-state index in [1.54, 1.807) is 0 Å². The van der Waals surface area contributed by atoms with Crippen molar-refractivity contribution in [3.05, 3.63) is 0 Å². The molecule has 0 radical (unpaired) electrons. The number of aliphatic hydroxyl groups excluding tert-OH is 8. The number of ether oxygens (including phenoxy) is 5. The molecule has 3 heterocycles. The Morgan fingerprint density at radius 1 is 0.667 bits per heavy atom. The second kappa shape index (κ2) is 14.5. The average Bonchev–Trinajstić information content (AvgIpc) is 2.94. The molecule has 0 aromatic carbocycles. The first kappa shape index (κ1) is 32.9. The van der Waals surface area contributed by atoms with Crippen LogP contribution in [0.3, 0.4) is 0 Å². The van der Waals surface area contributed by atoms with Gasteiger partial charge in [0.25, 0.3) is 0 Å². The topological polar surface area (TPSA) is 272 Å². The van der Waals surface area contributed by atoms with Crippen LogP contribution in [0, 0.1) is 0 Å². The van der Waals surface area contributed by atoms with Crippen LogP contribution in [0.1, 0.15) is 26.7 Å². The molecule has 16 nitrogen and oxygen atoms in total. The number of nitrogens with one attached hydrogen (secondary N) is 1. The zero-order valence-corrected chi connectivity index (χ0v) is 22.0. The van der Waals surface area contributed by atoms with Gasteiger partial charge in [-0.25, -0.2) is 0 Å². The van der Waals surface area contributed by atoms with Gasteiger partial charge in [-0.2, -0.15) is 0 Å². The van der Waals surface area contributed by atoms with Gasteiger partial charge >= 0.3 is 0 Å². The maximum Gasteiger partial charge on any atom is 0.176 e. The molecular weight excluding hydrogens is 526 g/mol. The SMILES string of the molecule is CCC(CC)N[C@H]1[C@H](OC2[C@@H](CO)O[C@@H](O)[C@H](N)[C@H]2O)O[C@H](CO)C(O[C@@H]2O[C@H](CO)[C@@H](O)[C@H](O)[C@H]2N)[C@@H]1O. The monoisotopic (exact) mass is 571 g/mol. The summed E-state index contributed by atoms with van der Waals surface area (Å²) in [5, 5.41) is 85.1. The van der Waals surface area contributed by atoms with Crippen LogP contribution < -0.4 is 16.8 Å². The molecule has 0 spiro atoms. The Kier molecular flexibility index (Phi) is 12.2. The summed E-state index contributed by atoms with van der Waals surface area (Å²) >= 11 is 0. The molecule has 0 bridgehead atoms. The second-order valence-corrected chi connectivity index (χ2v) is 10.2. The summed E-state index contributed by atoms with van der Waals surface area (Å²) in [6.45, 7) is 1.92. The van der Waals surface area contributed by atoms with Gasteiger partial charge in [-0.15, -0.1) is 0 Å². The van der Waals surface area contributed by atoms with Crippen molar-refractivity contribution in [3.63, 3.8) is 0 Å². The van der Waals surface area contributed by atoms with Crippen molar-refractivity contribution in [1.29, 1.82) is 0 Å². The lowest BCUT2D eigenvalue weighted by atomic mass is 9.93. The van der Waals surface area contributed by atoms with Gasteiger partial charge in [-0.05, 0) is 12.8 Å². The third kappa shape index (κ3) is 7.06. The molecule has 16 heteroatoms. The van der Waals surface area contributed by atoms with Crippen molar-refractivity contribution < 1.29 is 64.5 Å². The third-order valence-corrected chi connectivity index (χ3v) is 7.70. The van der Waals surface area contributed by atoms with E-state index >= 15 is 0 Å². The largest absolute Gasteiger partial charge is 0.394 e. The van der Waals surface area contributed by atoms with E-state index in [0.717, 1.165) is 0 Å². The minimum Gasteiger partial charge on any atom is -0.394 e. The van der Waals surface area contributed by atoms with Crippen molar-refractivity contribution in [2.75, 3.05) is 19.8 Å². The Morgan fingerprint density at radius 3 is 1.74 bits per heavy atom. The normalized spacial score (nSPS) is 47.5. The van der Waals surface area contributed by atoms with E-state index in [4.69, 9.17) is 35.2 Å². The second-order valence-electron chi connectivity index (χ2n) is 10.2. The molecule has 3 aliphatic rings. The first-order valence-electron chi connectivity index (χ1n) is 13.3. The summed E-state index contributed by atoms with van der Waals surface area (Å²) in [6, 6.07) is -3.67. The van der Waals surface area contributed by atoms with Gasteiger partial charge in [0.15, 0.2) is 18.9 Å². The molecule has 15 atom stereocenters. The molecule has 0 saturated carbocycles. The van der Waals surface area contributed by atoms with Crippen molar-refractivity contribution >= 4 is 0 Å². The van der Waals surface area contributed by atoms with E-state index in [9.17, 15) is 40.9 Å². The highest BCUT2D eigenvalue weighted by Gasteiger charge is 2.53. The Labute approximate surface area is 226 Å². The maximum absolute atomic E-state index is 11.5. The number of hydrogen-bond acceptors (Lipinski definition) is 16. The van der Waals surface area contributed by atoms with Crippen molar-refractivity contribution in [2.45, 2.75) is 125 Å². The van der Waals surface area contributed by atoms with Crippen molar-refractivity contribution in [3.8, 4) is 0 Å². The van der Waals surface area contributed by atoms with E-state index in [0.29, 0.717) is 12.8 Å². The Balaban J connectivity index is 1.86. The van der Waals surface area contributed by atoms with Gasteiger partial charge in [0.1, 0.15) is 54.9 Å². The van der Waals surface area contributed by atoms with Gasteiger partial charge in [0.2, 0.25) is 0 Å². The summed E-state index contributed by atoms with van der Waals surface area (Å²) in [5.41, 5.74) is 11.8. The van der Waals surface area contributed by atoms with Crippen LogP contribution in [0.15, 0.2) is 0 Å². The number of nitrogens with two attached hydrogens (primary N) is 2. The van der Waals surface area contributed by atoms with Crippen molar-refractivity contribution in [1.82, 2.24) is 5.32 Å². The zero-order valence-electron chi connectivity index (χ0n) is 22.0. The van der Waals surface area contributed by atoms with E-state index < -0.39 is 112 Å². The predicted octanol–water partition coefficient (Wildman–Crippen LogP) is -5.85. The highest BCUT2D eigenvalue weighted by molar-refractivity contribution is 5.00. The van der Waals surface area contributed by atoms with E-state index in [1.165, 1.54) is 0 Å². The van der Waals surface area contributed by atoms with Crippen molar-refractivity contribution in [2.24, 2.45) is 11.5 Å². The Hall–Kier alpha value is -0.640. The lowest BCUT2D eigenvalue weighted by Crippen LogP contribution is -2.70. The molecular formula is C23H45N3O13. The molecule has 0 aromatic heterocycles. The molecule has 3 saturated heterocycles. The van der Waals surface area contributed by atoms with E-state index in [1.807, 2.05) is 13.8 Å². The van der Waals surface area contributed by atoms with Crippen LogP contribution >= 0.6 is 0 Å². The van der Waals surface area contributed by atoms with E-state index in [-0.39, 0.29) is 6.04 Å². The van der Waals surface area contributed by atoms with Gasteiger partial charge in [-0.3, -0.25) is 0 Å². The van der Waals surface area contributed by atoms with Gasteiger partial charge in [-0.1, -0.05) is 13.8 Å². The molecule has 39 heavy (non-hydrogen) atoms. The first-order chi connectivity index (χ1) is 18.5. The fourth-order valence-electron chi connectivity index (χ4n) is 5.13. The van der Waals surface area contributed by atoms with Crippen LogP contribution in [0.25, 0.3) is 0 Å². The molecule has 13 N–H and O–H groups in total. The summed E-state index contributed by atoms with van der Waals surface area (Å²) < 4.78 is 28.7. The highest BCUT2D eigenvalue weighted by Crippen LogP contribution is 2.32. The maximum atomic E-state index is 11.5. The molecule has 3 fully saturated rings. The number of rotatable bonds is 11. The van der Waals surface area contributed by atoms with Gasteiger partial charge in [0, 0.05) is 6.04 Å². The lowest BCUT2D eigenvalue weighted by Gasteiger charge is -2.50. The standard InChI is InChI=1S/C23H45N3O13/c1-3-8(4-2)26-14-18(33)20(38-22-13(25)16(31)15(30)9(5-27)36-22)11(7-29)37-23(14)39-19-10(6-28)35-21(34)12(24)17(19)32/h8-23,26-34H,3-7,24-25H2,1-2H3/t9-,10-,11-,12-,13-,14-,15-,16-,17-,18-,19?,20?,21-,22+,23+/m1/s1. The number of aliphatic hydroxyl groups is 8. The van der Waals surface area contributed by atoms with Crippen LogP contribution in [-0.2, 0) is 23.7 Å². The average molecular weight is 572 g/mol. The van der Waals surface area contributed by atoms with Gasteiger partial charge < -0.3 is 81.3 Å². The molecule has 0 aromatic rings. The Bertz CT molecular complexity index is 735. The van der Waals surface area contributed by atoms with Gasteiger partial charge in [0.05, 0.1) is 37.9 Å². The summed E-state index contributed by atoms with van der Waals surface area (Å²) in [7, 11) is 0. The van der Waals surface area contributed by atoms with Crippen LogP contribution in [-0.4, -0.2) is 159 Å². The zero-order chi connectivity index (χ0) is 29.0. The van der Waals surface area contributed by atoms with Crippen LogP contribution in [0.2, 0.25) is 0 Å².